The molecule has 4 rings (SSSR count). The maximum absolute atomic E-state index is 12.9. The summed E-state index contributed by atoms with van der Waals surface area (Å²) < 4.78 is 8.02. The van der Waals surface area contributed by atoms with Crippen molar-refractivity contribution in [1.29, 1.82) is 0 Å². The number of hydrogen-bond donors (Lipinski definition) is 0. The molecule has 0 bridgehead atoms. The first kappa shape index (κ1) is 15.1. The van der Waals surface area contributed by atoms with Crippen molar-refractivity contribution in [2.24, 2.45) is 7.05 Å². The van der Waals surface area contributed by atoms with E-state index >= 15 is 0 Å². The van der Waals surface area contributed by atoms with Gasteiger partial charge in [0.1, 0.15) is 0 Å². The Kier molecular flexibility index (Phi) is 3.65. The summed E-state index contributed by atoms with van der Waals surface area (Å²) in [6, 6.07) is 8.10. The van der Waals surface area contributed by atoms with E-state index in [4.69, 9.17) is 4.74 Å². The minimum atomic E-state index is 0.160. The molecule has 1 spiro atoms. The number of thioether (sulfide) groups is 1. The number of benzene rings is 1. The van der Waals surface area contributed by atoms with Crippen molar-refractivity contribution in [3.8, 4) is 0 Å². The van der Waals surface area contributed by atoms with Gasteiger partial charge >= 0.3 is 0 Å². The molecule has 1 amide bonds. The average molecular weight is 330 g/mol. The molecule has 122 valence electrons. The Morgan fingerprint density at radius 2 is 2.17 bits per heavy atom. The first-order valence-corrected chi connectivity index (χ1v) is 9.19. The fourth-order valence-corrected chi connectivity index (χ4v) is 5.39. The van der Waals surface area contributed by atoms with Crippen LogP contribution in [0.25, 0.3) is 10.9 Å². The van der Waals surface area contributed by atoms with E-state index in [0.717, 1.165) is 48.3 Å². The van der Waals surface area contributed by atoms with Crippen molar-refractivity contribution in [2.45, 2.75) is 24.2 Å². The van der Waals surface area contributed by atoms with Gasteiger partial charge in [-0.05, 0) is 19.4 Å². The quantitative estimate of drug-likeness (QED) is 0.868. The summed E-state index contributed by atoms with van der Waals surface area (Å²) in [5.74, 6) is 1.22. The fraction of sp³-hybridized carbons (Fsp3) is 0.500. The summed E-state index contributed by atoms with van der Waals surface area (Å²) in [7, 11) is 2.00. The SMILES string of the molecule is CCO[C@H]1CSC2(C1)CN(C(=O)c1cn(C)c3ccccc13)C2. The molecule has 0 radical (unpaired) electrons. The number of fused-ring (bicyclic) bond motifs is 1. The molecule has 0 aliphatic carbocycles. The predicted octanol–water partition coefficient (Wildman–Crippen LogP) is 2.91. The maximum Gasteiger partial charge on any atom is 0.256 e. The van der Waals surface area contributed by atoms with Crippen molar-refractivity contribution >= 4 is 28.6 Å². The van der Waals surface area contributed by atoms with Crippen LogP contribution in [0.4, 0.5) is 0 Å². The summed E-state index contributed by atoms with van der Waals surface area (Å²) in [5, 5.41) is 1.05. The Morgan fingerprint density at radius 1 is 1.39 bits per heavy atom. The van der Waals surface area contributed by atoms with Gasteiger partial charge in [0.2, 0.25) is 0 Å². The van der Waals surface area contributed by atoms with Gasteiger partial charge in [0.05, 0.1) is 16.4 Å². The molecule has 1 aromatic heterocycles. The van der Waals surface area contributed by atoms with Crippen molar-refractivity contribution in [2.75, 3.05) is 25.4 Å². The topological polar surface area (TPSA) is 34.5 Å². The predicted molar refractivity (Wildman–Crippen MR) is 94.0 cm³/mol. The number of para-hydroxylation sites is 1. The van der Waals surface area contributed by atoms with Crippen LogP contribution in [0.3, 0.4) is 0 Å². The van der Waals surface area contributed by atoms with Gasteiger partial charge in [0.25, 0.3) is 5.91 Å². The molecule has 5 heteroatoms. The van der Waals surface area contributed by atoms with Crippen LogP contribution in [0.15, 0.2) is 30.5 Å². The number of aromatic nitrogens is 1. The number of nitrogens with zero attached hydrogens (tertiary/aromatic N) is 2. The molecule has 2 saturated heterocycles. The van der Waals surface area contributed by atoms with Gasteiger partial charge < -0.3 is 14.2 Å². The van der Waals surface area contributed by atoms with Crippen molar-refractivity contribution in [3.05, 3.63) is 36.0 Å². The number of likely N-dealkylation sites (tertiary alicyclic amines) is 1. The highest BCUT2D eigenvalue weighted by Crippen LogP contribution is 2.46. The molecular formula is C18H22N2O2S. The average Bonchev–Trinajstić information content (AvgIpc) is 3.08. The van der Waals surface area contributed by atoms with Gasteiger partial charge in [-0.25, -0.2) is 0 Å². The zero-order valence-electron chi connectivity index (χ0n) is 13.6. The zero-order chi connectivity index (χ0) is 16.0. The third kappa shape index (κ3) is 2.46. The van der Waals surface area contributed by atoms with E-state index in [-0.39, 0.29) is 10.7 Å². The van der Waals surface area contributed by atoms with E-state index in [9.17, 15) is 4.79 Å². The molecule has 2 fully saturated rings. The highest BCUT2D eigenvalue weighted by Gasteiger charge is 2.51. The first-order chi connectivity index (χ1) is 11.1. The van der Waals surface area contributed by atoms with Crippen molar-refractivity contribution in [1.82, 2.24) is 9.47 Å². The second-order valence-electron chi connectivity index (χ2n) is 6.61. The van der Waals surface area contributed by atoms with E-state index in [1.54, 1.807) is 0 Å². The van der Waals surface area contributed by atoms with Crippen molar-refractivity contribution in [3.63, 3.8) is 0 Å². The number of hydrogen-bond acceptors (Lipinski definition) is 3. The summed E-state index contributed by atoms with van der Waals surface area (Å²) in [4.78, 5) is 14.9. The van der Waals surface area contributed by atoms with Crippen LogP contribution < -0.4 is 0 Å². The maximum atomic E-state index is 12.9. The molecule has 0 unspecified atom stereocenters. The number of rotatable bonds is 3. The molecule has 0 saturated carbocycles. The first-order valence-electron chi connectivity index (χ1n) is 8.21. The lowest BCUT2D eigenvalue weighted by atomic mass is 9.92. The van der Waals surface area contributed by atoms with E-state index in [1.165, 1.54) is 0 Å². The fourth-order valence-electron chi connectivity index (χ4n) is 3.84. The Morgan fingerprint density at radius 3 is 2.96 bits per heavy atom. The molecule has 1 aromatic carbocycles. The third-order valence-corrected chi connectivity index (χ3v) is 6.53. The molecule has 23 heavy (non-hydrogen) atoms. The summed E-state index contributed by atoms with van der Waals surface area (Å²) in [6.45, 7) is 4.53. The number of carbonyl (C=O) groups excluding carboxylic acids is 1. The smallest absolute Gasteiger partial charge is 0.256 e. The lowest BCUT2D eigenvalue weighted by molar-refractivity contribution is 0.0360. The largest absolute Gasteiger partial charge is 0.378 e. The van der Waals surface area contributed by atoms with Gasteiger partial charge in [-0.15, -0.1) is 11.8 Å². The monoisotopic (exact) mass is 330 g/mol. The van der Waals surface area contributed by atoms with E-state index in [0.29, 0.717) is 6.10 Å². The number of carbonyl (C=O) groups is 1. The molecule has 1 atom stereocenters. The second kappa shape index (κ2) is 5.56. The number of aryl methyl sites for hydroxylation is 1. The molecule has 3 heterocycles. The van der Waals surface area contributed by atoms with Crippen LogP contribution >= 0.6 is 11.8 Å². The Hall–Kier alpha value is -1.46. The number of ether oxygens (including phenoxy) is 1. The summed E-state index contributed by atoms with van der Waals surface area (Å²) in [6.07, 6.45) is 3.40. The molecular weight excluding hydrogens is 308 g/mol. The molecule has 2 aliphatic heterocycles. The zero-order valence-corrected chi connectivity index (χ0v) is 14.4. The molecule has 0 N–H and O–H groups in total. The van der Waals surface area contributed by atoms with Crippen molar-refractivity contribution < 1.29 is 9.53 Å². The summed E-state index contributed by atoms with van der Waals surface area (Å²) in [5.41, 5.74) is 1.93. The molecule has 2 aromatic rings. The van der Waals surface area contributed by atoms with Crippen LogP contribution in [-0.4, -0.2) is 51.7 Å². The normalized spacial score (nSPS) is 22.7. The standard InChI is InChI=1S/C18H22N2O2S/c1-3-22-13-8-18(23-10-13)11-20(12-18)17(21)15-9-19(2)16-7-5-4-6-14(15)16/h4-7,9,13H,3,8,10-12H2,1-2H3/t13-/m1/s1. The Balaban J connectivity index is 1.49. The molecule has 4 nitrogen and oxygen atoms in total. The van der Waals surface area contributed by atoms with Gasteiger partial charge in [-0.3, -0.25) is 4.79 Å². The van der Waals surface area contributed by atoms with Crippen LogP contribution in [0.5, 0.6) is 0 Å². The van der Waals surface area contributed by atoms with E-state index in [1.807, 2.05) is 59.6 Å². The van der Waals surface area contributed by atoms with Gasteiger partial charge in [0, 0.05) is 49.6 Å². The lowest BCUT2D eigenvalue weighted by Gasteiger charge is -2.47. The second-order valence-corrected chi connectivity index (χ2v) is 8.10. The number of amides is 1. The van der Waals surface area contributed by atoms with E-state index in [2.05, 4.69) is 6.07 Å². The highest BCUT2D eigenvalue weighted by molar-refractivity contribution is 8.01. The van der Waals surface area contributed by atoms with Gasteiger partial charge in [0.15, 0.2) is 0 Å². The van der Waals surface area contributed by atoms with Crippen LogP contribution in [-0.2, 0) is 11.8 Å². The minimum absolute atomic E-state index is 0.160. The third-order valence-electron chi connectivity index (χ3n) is 4.95. The van der Waals surface area contributed by atoms with Crippen LogP contribution in [0.2, 0.25) is 0 Å². The molecule has 2 aliphatic rings. The van der Waals surface area contributed by atoms with Gasteiger partial charge in [-0.1, -0.05) is 18.2 Å². The Labute approximate surface area is 140 Å². The summed E-state index contributed by atoms with van der Waals surface area (Å²) >= 11 is 1.98. The van der Waals surface area contributed by atoms with E-state index < -0.39 is 0 Å². The lowest BCUT2D eigenvalue weighted by Crippen LogP contribution is -2.60. The van der Waals surface area contributed by atoms with Crippen LogP contribution in [0, 0.1) is 0 Å². The highest BCUT2D eigenvalue weighted by atomic mass is 32.2. The Bertz CT molecular complexity index is 749. The van der Waals surface area contributed by atoms with Crippen LogP contribution in [0.1, 0.15) is 23.7 Å². The minimum Gasteiger partial charge on any atom is -0.378 e. The van der Waals surface area contributed by atoms with Gasteiger partial charge in [-0.2, -0.15) is 0 Å².